The van der Waals surface area contributed by atoms with Gasteiger partial charge >= 0.3 is 0 Å². The quantitative estimate of drug-likeness (QED) is 0.730. The summed E-state index contributed by atoms with van der Waals surface area (Å²) in [5.74, 6) is 1.75. The minimum Gasteiger partial charge on any atom is -0.347 e. The van der Waals surface area contributed by atoms with Gasteiger partial charge in [-0.25, -0.2) is 4.98 Å². The number of H-pyrrole nitrogens is 1. The Kier molecular flexibility index (Phi) is 3.96. The zero-order chi connectivity index (χ0) is 9.68. The van der Waals surface area contributed by atoms with Crippen molar-refractivity contribution in [2.45, 2.75) is 33.2 Å². The Labute approximate surface area is 80.0 Å². The maximum Gasteiger partial charge on any atom is 0.122 e. The molecule has 0 saturated carbocycles. The topological polar surface area (TPSA) is 40.7 Å². The molecule has 74 valence electrons. The molecule has 0 radical (unpaired) electrons. The summed E-state index contributed by atoms with van der Waals surface area (Å²) < 4.78 is 0. The molecule has 2 unspecified atom stereocenters. The number of hydrogen-bond donors (Lipinski definition) is 2. The first kappa shape index (κ1) is 10.3. The average molecular weight is 181 g/mol. The van der Waals surface area contributed by atoms with Gasteiger partial charge in [-0.05, 0) is 19.4 Å². The van der Waals surface area contributed by atoms with E-state index in [9.17, 15) is 0 Å². The summed E-state index contributed by atoms with van der Waals surface area (Å²) in [6, 6.07) is 0.323. The molecule has 0 aromatic carbocycles. The highest BCUT2D eigenvalue weighted by molar-refractivity contribution is 4.93. The molecule has 0 aliphatic carbocycles. The summed E-state index contributed by atoms with van der Waals surface area (Å²) in [7, 11) is 0. The highest BCUT2D eigenvalue weighted by Gasteiger charge is 2.07. The van der Waals surface area contributed by atoms with E-state index >= 15 is 0 Å². The molecular formula is C10H19N3. The van der Waals surface area contributed by atoms with E-state index in [0.717, 1.165) is 18.3 Å². The van der Waals surface area contributed by atoms with Crippen molar-refractivity contribution in [3.05, 3.63) is 18.2 Å². The standard InChI is InChI=1S/C10H19N3/c1-4-8(2)7-13-9(3)10-11-5-6-12-10/h5-6,8-9,13H,4,7H2,1-3H3,(H,11,12). The molecule has 0 bridgehead atoms. The fraction of sp³-hybridized carbons (Fsp3) is 0.700. The van der Waals surface area contributed by atoms with Gasteiger partial charge in [0.25, 0.3) is 0 Å². The zero-order valence-electron chi connectivity index (χ0n) is 8.67. The van der Waals surface area contributed by atoms with Gasteiger partial charge in [0, 0.05) is 12.4 Å². The predicted octanol–water partition coefficient (Wildman–Crippen LogP) is 2.11. The van der Waals surface area contributed by atoms with Crippen molar-refractivity contribution in [3.63, 3.8) is 0 Å². The lowest BCUT2D eigenvalue weighted by atomic mass is 10.1. The molecule has 0 fully saturated rings. The first-order valence-electron chi connectivity index (χ1n) is 4.96. The van der Waals surface area contributed by atoms with Crippen molar-refractivity contribution < 1.29 is 0 Å². The lowest BCUT2D eigenvalue weighted by molar-refractivity contribution is 0.452. The number of hydrogen-bond acceptors (Lipinski definition) is 2. The van der Waals surface area contributed by atoms with Gasteiger partial charge in [-0.3, -0.25) is 0 Å². The second kappa shape index (κ2) is 5.02. The van der Waals surface area contributed by atoms with Gasteiger partial charge in [-0.15, -0.1) is 0 Å². The van der Waals surface area contributed by atoms with Crippen LogP contribution in [0.2, 0.25) is 0 Å². The molecule has 0 aliphatic rings. The normalized spacial score (nSPS) is 15.6. The van der Waals surface area contributed by atoms with Crippen LogP contribution in [0.15, 0.2) is 12.4 Å². The van der Waals surface area contributed by atoms with Gasteiger partial charge in [-0.1, -0.05) is 20.3 Å². The van der Waals surface area contributed by atoms with Crippen LogP contribution in [0.4, 0.5) is 0 Å². The van der Waals surface area contributed by atoms with Crippen LogP contribution in [0.5, 0.6) is 0 Å². The van der Waals surface area contributed by atoms with Crippen molar-refractivity contribution in [1.82, 2.24) is 15.3 Å². The third kappa shape index (κ3) is 3.19. The molecule has 2 N–H and O–H groups in total. The van der Waals surface area contributed by atoms with E-state index in [0.29, 0.717) is 6.04 Å². The van der Waals surface area contributed by atoms with Gasteiger partial charge in [0.15, 0.2) is 0 Å². The summed E-state index contributed by atoms with van der Waals surface area (Å²) in [5.41, 5.74) is 0. The van der Waals surface area contributed by atoms with E-state index in [1.807, 2.05) is 6.20 Å². The molecule has 0 aliphatic heterocycles. The molecule has 0 spiro atoms. The Bertz CT molecular complexity index is 218. The third-order valence-corrected chi connectivity index (χ3v) is 2.40. The Balaban J connectivity index is 2.30. The Hall–Kier alpha value is -0.830. The maximum absolute atomic E-state index is 4.20. The molecule has 0 amide bonds. The van der Waals surface area contributed by atoms with Crippen LogP contribution in [0, 0.1) is 5.92 Å². The number of aromatic nitrogens is 2. The molecule has 0 saturated heterocycles. The lowest BCUT2D eigenvalue weighted by Gasteiger charge is -2.14. The van der Waals surface area contributed by atoms with E-state index < -0.39 is 0 Å². The smallest absolute Gasteiger partial charge is 0.122 e. The molecule has 2 atom stereocenters. The van der Waals surface area contributed by atoms with Crippen molar-refractivity contribution in [2.24, 2.45) is 5.92 Å². The highest BCUT2D eigenvalue weighted by Crippen LogP contribution is 2.06. The largest absolute Gasteiger partial charge is 0.347 e. The molecule has 1 aromatic heterocycles. The number of rotatable bonds is 5. The Morgan fingerprint density at radius 3 is 2.85 bits per heavy atom. The number of imidazole rings is 1. The van der Waals surface area contributed by atoms with Crippen LogP contribution >= 0.6 is 0 Å². The van der Waals surface area contributed by atoms with Crippen molar-refractivity contribution in [1.29, 1.82) is 0 Å². The van der Waals surface area contributed by atoms with Crippen LogP contribution in [0.25, 0.3) is 0 Å². The van der Waals surface area contributed by atoms with E-state index in [1.54, 1.807) is 6.20 Å². The molecule has 1 aromatic rings. The molecule has 13 heavy (non-hydrogen) atoms. The fourth-order valence-electron chi connectivity index (χ4n) is 1.13. The monoisotopic (exact) mass is 181 g/mol. The average Bonchev–Trinajstić information content (AvgIpc) is 2.66. The molecule has 3 nitrogen and oxygen atoms in total. The molecule has 1 heterocycles. The van der Waals surface area contributed by atoms with Gasteiger partial charge in [0.1, 0.15) is 5.82 Å². The second-order valence-corrected chi connectivity index (χ2v) is 3.62. The summed E-state index contributed by atoms with van der Waals surface area (Å²) in [5, 5.41) is 3.44. The van der Waals surface area contributed by atoms with Gasteiger partial charge in [-0.2, -0.15) is 0 Å². The van der Waals surface area contributed by atoms with E-state index in [-0.39, 0.29) is 0 Å². The summed E-state index contributed by atoms with van der Waals surface area (Å²) in [6.07, 6.45) is 4.87. The first-order valence-corrected chi connectivity index (χ1v) is 4.96. The van der Waals surface area contributed by atoms with Crippen molar-refractivity contribution in [3.8, 4) is 0 Å². The van der Waals surface area contributed by atoms with Crippen LogP contribution in [0.3, 0.4) is 0 Å². The zero-order valence-corrected chi connectivity index (χ0v) is 8.67. The molecular weight excluding hydrogens is 162 g/mol. The molecule has 3 heteroatoms. The fourth-order valence-corrected chi connectivity index (χ4v) is 1.13. The number of nitrogens with zero attached hydrogens (tertiary/aromatic N) is 1. The van der Waals surface area contributed by atoms with Crippen LogP contribution in [-0.2, 0) is 0 Å². The third-order valence-electron chi connectivity index (χ3n) is 2.40. The van der Waals surface area contributed by atoms with Gasteiger partial charge in [0.2, 0.25) is 0 Å². The van der Waals surface area contributed by atoms with Crippen molar-refractivity contribution in [2.75, 3.05) is 6.54 Å². The predicted molar refractivity (Wildman–Crippen MR) is 54.5 cm³/mol. The number of nitrogens with one attached hydrogen (secondary N) is 2. The van der Waals surface area contributed by atoms with Crippen LogP contribution in [-0.4, -0.2) is 16.5 Å². The molecule has 1 rings (SSSR count). The summed E-state index contributed by atoms with van der Waals surface area (Å²) in [6.45, 7) is 7.64. The van der Waals surface area contributed by atoms with E-state index in [4.69, 9.17) is 0 Å². The minimum atomic E-state index is 0.323. The maximum atomic E-state index is 4.20. The number of aromatic amines is 1. The van der Waals surface area contributed by atoms with Gasteiger partial charge in [0.05, 0.1) is 6.04 Å². The van der Waals surface area contributed by atoms with E-state index in [1.165, 1.54) is 6.42 Å². The summed E-state index contributed by atoms with van der Waals surface area (Å²) in [4.78, 5) is 7.31. The summed E-state index contributed by atoms with van der Waals surface area (Å²) >= 11 is 0. The Morgan fingerprint density at radius 1 is 1.54 bits per heavy atom. The lowest BCUT2D eigenvalue weighted by Crippen LogP contribution is -2.24. The Morgan fingerprint density at radius 2 is 2.31 bits per heavy atom. The van der Waals surface area contributed by atoms with Crippen LogP contribution < -0.4 is 5.32 Å². The van der Waals surface area contributed by atoms with Crippen molar-refractivity contribution >= 4 is 0 Å². The van der Waals surface area contributed by atoms with Gasteiger partial charge < -0.3 is 10.3 Å². The first-order chi connectivity index (χ1) is 6.24. The van der Waals surface area contributed by atoms with Crippen LogP contribution in [0.1, 0.15) is 39.1 Å². The second-order valence-electron chi connectivity index (χ2n) is 3.62. The SMILES string of the molecule is CCC(C)CNC(C)c1ncc[nH]1. The minimum absolute atomic E-state index is 0.323. The highest BCUT2D eigenvalue weighted by atomic mass is 15.0. The van der Waals surface area contributed by atoms with E-state index in [2.05, 4.69) is 36.1 Å².